The highest BCUT2D eigenvalue weighted by molar-refractivity contribution is 5.69. The van der Waals surface area contributed by atoms with Crippen LogP contribution >= 0.6 is 0 Å². The molecule has 0 aliphatic heterocycles. The Balaban J connectivity index is 2.05. The molecule has 0 saturated heterocycles. The molecule has 1 aliphatic rings. The molecule has 1 aliphatic carbocycles. The molecule has 1 saturated carbocycles. The van der Waals surface area contributed by atoms with E-state index in [-0.39, 0.29) is 12.1 Å². The van der Waals surface area contributed by atoms with Crippen LogP contribution in [0.1, 0.15) is 50.5 Å². The molecule has 1 aromatic rings. The van der Waals surface area contributed by atoms with Crippen molar-refractivity contribution in [1.29, 1.82) is 0 Å². The van der Waals surface area contributed by atoms with Crippen molar-refractivity contribution in [3.8, 4) is 5.75 Å². The van der Waals surface area contributed by atoms with Gasteiger partial charge in [-0.2, -0.15) is 0 Å². The van der Waals surface area contributed by atoms with Gasteiger partial charge in [-0.15, -0.1) is 0 Å². The van der Waals surface area contributed by atoms with Crippen LogP contribution in [0.3, 0.4) is 0 Å². The van der Waals surface area contributed by atoms with Crippen LogP contribution in [0.25, 0.3) is 0 Å². The lowest BCUT2D eigenvalue weighted by molar-refractivity contribution is -0.151. The number of carbonyl (C=O) groups excluding carboxylic acids is 1. The van der Waals surface area contributed by atoms with Gasteiger partial charge in [-0.05, 0) is 37.0 Å². The van der Waals surface area contributed by atoms with E-state index in [2.05, 4.69) is 18.7 Å². The van der Waals surface area contributed by atoms with E-state index in [1.165, 1.54) is 12.0 Å². The second-order valence-electron chi connectivity index (χ2n) is 5.44. The molecule has 2 rings (SSSR count). The summed E-state index contributed by atoms with van der Waals surface area (Å²) < 4.78 is 11.1. The van der Waals surface area contributed by atoms with Crippen LogP contribution in [0.2, 0.25) is 0 Å². The fourth-order valence-electron chi connectivity index (χ4n) is 2.84. The van der Waals surface area contributed by atoms with Crippen molar-refractivity contribution in [2.75, 3.05) is 6.61 Å². The van der Waals surface area contributed by atoms with Crippen molar-refractivity contribution in [3.63, 3.8) is 0 Å². The number of ether oxygens (including phenoxy) is 2. The third-order valence-electron chi connectivity index (χ3n) is 3.95. The SMILES string of the molecule is C=CCOc1ccc([C@H]2CCCC[C@@H]2OC(=O)CC)cc1. The zero-order valence-corrected chi connectivity index (χ0v) is 12.7. The fraction of sp³-hybridized carbons (Fsp3) is 0.500. The van der Waals surface area contributed by atoms with Crippen molar-refractivity contribution in [1.82, 2.24) is 0 Å². The summed E-state index contributed by atoms with van der Waals surface area (Å²) in [5.74, 6) is 1.05. The van der Waals surface area contributed by atoms with Gasteiger partial charge in [-0.3, -0.25) is 4.79 Å². The molecule has 0 spiro atoms. The predicted octanol–water partition coefficient (Wildman–Crippen LogP) is 4.23. The first-order chi connectivity index (χ1) is 10.2. The lowest BCUT2D eigenvalue weighted by Gasteiger charge is -2.31. The highest BCUT2D eigenvalue weighted by Crippen LogP contribution is 2.35. The molecule has 3 nitrogen and oxygen atoms in total. The molecule has 0 radical (unpaired) electrons. The van der Waals surface area contributed by atoms with Crippen molar-refractivity contribution < 1.29 is 14.3 Å². The van der Waals surface area contributed by atoms with E-state index in [0.29, 0.717) is 18.9 Å². The largest absolute Gasteiger partial charge is 0.490 e. The minimum atomic E-state index is -0.0992. The monoisotopic (exact) mass is 288 g/mol. The Morgan fingerprint density at radius 2 is 2.00 bits per heavy atom. The summed E-state index contributed by atoms with van der Waals surface area (Å²) in [5, 5.41) is 0. The highest BCUT2D eigenvalue weighted by atomic mass is 16.5. The predicted molar refractivity (Wildman–Crippen MR) is 83.5 cm³/mol. The van der Waals surface area contributed by atoms with E-state index >= 15 is 0 Å². The Hall–Kier alpha value is -1.77. The summed E-state index contributed by atoms with van der Waals surface area (Å²) in [6.45, 7) is 5.99. The number of carbonyl (C=O) groups is 1. The number of hydrogen-bond acceptors (Lipinski definition) is 3. The van der Waals surface area contributed by atoms with E-state index in [4.69, 9.17) is 9.47 Å². The number of hydrogen-bond donors (Lipinski definition) is 0. The summed E-state index contributed by atoms with van der Waals surface area (Å²) >= 11 is 0. The summed E-state index contributed by atoms with van der Waals surface area (Å²) in [7, 11) is 0. The van der Waals surface area contributed by atoms with E-state index in [1.54, 1.807) is 6.08 Å². The van der Waals surface area contributed by atoms with Gasteiger partial charge < -0.3 is 9.47 Å². The van der Waals surface area contributed by atoms with Crippen molar-refractivity contribution in [2.24, 2.45) is 0 Å². The van der Waals surface area contributed by atoms with Crippen LogP contribution in [0, 0.1) is 0 Å². The van der Waals surface area contributed by atoms with Crippen molar-refractivity contribution in [2.45, 2.75) is 51.0 Å². The van der Waals surface area contributed by atoms with Crippen molar-refractivity contribution >= 4 is 5.97 Å². The molecule has 21 heavy (non-hydrogen) atoms. The van der Waals surface area contributed by atoms with Gasteiger partial charge in [0, 0.05) is 12.3 Å². The molecule has 2 atom stereocenters. The minimum absolute atomic E-state index is 0.0196. The summed E-state index contributed by atoms with van der Waals surface area (Å²) in [4.78, 5) is 11.6. The van der Waals surface area contributed by atoms with Crippen LogP contribution < -0.4 is 4.74 Å². The maximum atomic E-state index is 11.6. The standard InChI is InChI=1S/C18H24O3/c1-3-13-20-15-11-9-14(10-12-15)16-7-5-6-8-17(16)21-18(19)4-2/h3,9-12,16-17H,1,4-8,13H2,2H3/t16-,17+/m1/s1. The molecule has 1 aromatic carbocycles. The number of benzene rings is 1. The van der Waals surface area contributed by atoms with E-state index in [0.717, 1.165) is 25.0 Å². The quantitative estimate of drug-likeness (QED) is 0.580. The summed E-state index contributed by atoms with van der Waals surface area (Å²) in [5.41, 5.74) is 1.23. The third-order valence-corrected chi connectivity index (χ3v) is 3.95. The molecule has 0 heterocycles. The molecule has 0 amide bonds. The molecule has 0 bridgehead atoms. The second kappa shape index (κ2) is 7.87. The van der Waals surface area contributed by atoms with Gasteiger partial charge in [-0.25, -0.2) is 0 Å². The van der Waals surface area contributed by atoms with Gasteiger partial charge in [0.1, 0.15) is 18.5 Å². The maximum absolute atomic E-state index is 11.6. The minimum Gasteiger partial charge on any atom is -0.490 e. The average molecular weight is 288 g/mol. The fourth-order valence-corrected chi connectivity index (χ4v) is 2.84. The van der Waals surface area contributed by atoms with Crippen LogP contribution in [0.15, 0.2) is 36.9 Å². The molecule has 0 unspecified atom stereocenters. The number of esters is 1. The first-order valence-electron chi connectivity index (χ1n) is 7.77. The van der Waals surface area contributed by atoms with Crippen LogP contribution in [0.4, 0.5) is 0 Å². The first kappa shape index (κ1) is 15.6. The summed E-state index contributed by atoms with van der Waals surface area (Å²) in [6, 6.07) is 8.13. The van der Waals surface area contributed by atoms with Crippen molar-refractivity contribution in [3.05, 3.63) is 42.5 Å². The molecule has 1 fully saturated rings. The van der Waals surface area contributed by atoms with Crippen LogP contribution in [-0.4, -0.2) is 18.7 Å². The molecule has 3 heteroatoms. The van der Waals surface area contributed by atoms with Gasteiger partial charge >= 0.3 is 5.97 Å². The van der Waals surface area contributed by atoms with E-state index in [1.807, 2.05) is 19.1 Å². The van der Waals surface area contributed by atoms with E-state index in [9.17, 15) is 4.79 Å². The average Bonchev–Trinajstić information content (AvgIpc) is 2.54. The molecular weight excluding hydrogens is 264 g/mol. The van der Waals surface area contributed by atoms with Gasteiger partial charge in [0.2, 0.25) is 0 Å². The highest BCUT2D eigenvalue weighted by Gasteiger charge is 2.29. The lowest BCUT2D eigenvalue weighted by Crippen LogP contribution is -2.28. The third kappa shape index (κ3) is 4.35. The molecular formula is C18H24O3. The Kier molecular flexibility index (Phi) is 5.85. The first-order valence-corrected chi connectivity index (χ1v) is 7.77. The number of rotatable bonds is 6. The van der Waals surface area contributed by atoms with Gasteiger partial charge in [0.05, 0.1) is 0 Å². The Morgan fingerprint density at radius 3 is 2.67 bits per heavy atom. The van der Waals surface area contributed by atoms with Gasteiger partial charge in [0.25, 0.3) is 0 Å². The molecule has 114 valence electrons. The van der Waals surface area contributed by atoms with Crippen LogP contribution in [-0.2, 0) is 9.53 Å². The Morgan fingerprint density at radius 1 is 1.29 bits per heavy atom. The van der Waals surface area contributed by atoms with Gasteiger partial charge in [0.15, 0.2) is 0 Å². The summed E-state index contributed by atoms with van der Waals surface area (Å²) in [6.07, 6.45) is 6.57. The second-order valence-corrected chi connectivity index (χ2v) is 5.44. The smallest absolute Gasteiger partial charge is 0.305 e. The Labute approximate surface area is 127 Å². The molecule has 0 N–H and O–H groups in total. The zero-order valence-electron chi connectivity index (χ0n) is 12.7. The zero-order chi connectivity index (χ0) is 15.1. The molecule has 0 aromatic heterocycles. The Bertz CT molecular complexity index is 464. The normalized spacial score (nSPS) is 21.6. The van der Waals surface area contributed by atoms with E-state index < -0.39 is 0 Å². The maximum Gasteiger partial charge on any atom is 0.305 e. The topological polar surface area (TPSA) is 35.5 Å². The lowest BCUT2D eigenvalue weighted by atomic mass is 9.81. The van der Waals surface area contributed by atoms with Crippen LogP contribution in [0.5, 0.6) is 5.75 Å². The van der Waals surface area contributed by atoms with Gasteiger partial charge in [-0.1, -0.05) is 38.1 Å².